The normalized spacial score (nSPS) is 14.2. The number of rotatable bonds is 5. The quantitative estimate of drug-likeness (QED) is 0.471. The number of pyridine rings is 1. The first kappa shape index (κ1) is 20.6. The van der Waals surface area contributed by atoms with E-state index in [1.807, 2.05) is 18.2 Å². The van der Waals surface area contributed by atoms with E-state index in [9.17, 15) is 14.9 Å². The maximum atomic E-state index is 13.4. The number of non-ortho nitro benzene ring substituents is 1. The number of carbonyl (C=O) groups is 1. The molecule has 8 nitrogen and oxygen atoms in total. The van der Waals surface area contributed by atoms with Gasteiger partial charge in [-0.2, -0.15) is 0 Å². The van der Waals surface area contributed by atoms with Crippen LogP contribution in [0.3, 0.4) is 0 Å². The molecule has 0 atom stereocenters. The minimum absolute atomic E-state index is 0.114. The molecule has 0 spiro atoms. The van der Waals surface area contributed by atoms with E-state index in [1.165, 1.54) is 12.1 Å². The van der Waals surface area contributed by atoms with E-state index in [0.717, 1.165) is 44.2 Å². The van der Waals surface area contributed by atoms with Gasteiger partial charge in [0, 0.05) is 42.9 Å². The number of hydrogen-bond acceptors (Lipinski definition) is 6. The van der Waals surface area contributed by atoms with Crippen LogP contribution < -0.4 is 15.0 Å². The first-order valence-corrected chi connectivity index (χ1v) is 10.3. The van der Waals surface area contributed by atoms with E-state index in [1.54, 1.807) is 25.4 Å². The zero-order valence-electron chi connectivity index (χ0n) is 17.3. The lowest BCUT2D eigenvalue weighted by molar-refractivity contribution is -0.384. The molecule has 0 unspecified atom stereocenters. The van der Waals surface area contributed by atoms with Crippen LogP contribution in [0, 0.1) is 10.1 Å². The fourth-order valence-corrected chi connectivity index (χ4v) is 3.97. The van der Waals surface area contributed by atoms with Crippen molar-refractivity contribution >= 4 is 33.9 Å². The van der Waals surface area contributed by atoms with Crippen molar-refractivity contribution < 1.29 is 14.5 Å². The number of nitrogens with zero attached hydrogens (tertiary/aromatic N) is 3. The van der Waals surface area contributed by atoms with Gasteiger partial charge in [-0.3, -0.25) is 19.9 Å². The van der Waals surface area contributed by atoms with Crippen molar-refractivity contribution in [3.63, 3.8) is 0 Å². The highest BCUT2D eigenvalue weighted by Crippen LogP contribution is 2.31. The number of nitro benzene ring substituents is 1. The van der Waals surface area contributed by atoms with Crippen molar-refractivity contribution in [1.82, 2.24) is 4.98 Å². The van der Waals surface area contributed by atoms with Gasteiger partial charge in [0.15, 0.2) is 0 Å². The van der Waals surface area contributed by atoms with Crippen molar-refractivity contribution in [3.05, 3.63) is 64.3 Å². The van der Waals surface area contributed by atoms with E-state index in [2.05, 4.69) is 15.2 Å². The number of nitrogens with one attached hydrogen (secondary N) is 1. The zero-order chi connectivity index (χ0) is 21.8. The average Bonchev–Trinajstić information content (AvgIpc) is 3.08. The molecule has 160 valence electrons. The number of anilines is 2. The molecule has 0 saturated carbocycles. The molecule has 1 amide bonds. The van der Waals surface area contributed by atoms with Crippen LogP contribution in [0.25, 0.3) is 10.9 Å². The molecule has 8 heteroatoms. The zero-order valence-corrected chi connectivity index (χ0v) is 17.3. The van der Waals surface area contributed by atoms with E-state index in [4.69, 9.17) is 4.74 Å². The van der Waals surface area contributed by atoms with Crippen molar-refractivity contribution in [3.8, 4) is 5.75 Å². The largest absolute Gasteiger partial charge is 0.497 e. The number of carbonyl (C=O) groups excluding carboxylic acids is 1. The topological polar surface area (TPSA) is 97.6 Å². The fraction of sp³-hybridized carbons (Fsp3) is 0.304. The standard InChI is InChI=1S/C23H24N4O4/c1-31-18-13-16-7-6-10-24-22(16)20(15-18)25-23(28)19-14-17(27(29)30)8-9-21(19)26-11-4-2-3-5-12-26/h6-10,13-15H,2-5,11-12H2,1H3,(H,25,28). The lowest BCUT2D eigenvalue weighted by Crippen LogP contribution is -2.27. The van der Waals surface area contributed by atoms with Gasteiger partial charge >= 0.3 is 0 Å². The van der Waals surface area contributed by atoms with Gasteiger partial charge in [-0.1, -0.05) is 18.9 Å². The van der Waals surface area contributed by atoms with Gasteiger partial charge in [-0.05, 0) is 31.0 Å². The summed E-state index contributed by atoms with van der Waals surface area (Å²) in [4.78, 5) is 30.8. The summed E-state index contributed by atoms with van der Waals surface area (Å²) < 4.78 is 5.36. The summed E-state index contributed by atoms with van der Waals surface area (Å²) in [5, 5.41) is 15.1. The van der Waals surface area contributed by atoms with Crippen LogP contribution in [0.1, 0.15) is 36.0 Å². The van der Waals surface area contributed by atoms with Gasteiger partial charge in [-0.25, -0.2) is 0 Å². The summed E-state index contributed by atoms with van der Waals surface area (Å²) in [5.41, 5.74) is 2.00. The molecule has 1 aliphatic rings. The fourth-order valence-electron chi connectivity index (χ4n) is 3.97. The Balaban J connectivity index is 1.75. The van der Waals surface area contributed by atoms with Crippen molar-refractivity contribution in [2.75, 3.05) is 30.4 Å². The van der Waals surface area contributed by atoms with Crippen LogP contribution in [-0.4, -0.2) is 36.0 Å². The number of fused-ring (bicyclic) bond motifs is 1. The molecule has 0 radical (unpaired) electrons. The minimum atomic E-state index is -0.481. The van der Waals surface area contributed by atoms with Crippen LogP contribution >= 0.6 is 0 Å². The molecular formula is C23H24N4O4. The predicted molar refractivity (Wildman–Crippen MR) is 120 cm³/mol. The van der Waals surface area contributed by atoms with Gasteiger partial charge in [0.05, 0.1) is 34.5 Å². The van der Waals surface area contributed by atoms with Crippen molar-refractivity contribution in [2.45, 2.75) is 25.7 Å². The molecule has 2 aromatic carbocycles. The van der Waals surface area contributed by atoms with E-state index >= 15 is 0 Å². The smallest absolute Gasteiger partial charge is 0.270 e. The highest BCUT2D eigenvalue weighted by Gasteiger charge is 2.22. The Kier molecular flexibility index (Phi) is 5.97. The van der Waals surface area contributed by atoms with Crippen LogP contribution in [0.15, 0.2) is 48.7 Å². The van der Waals surface area contributed by atoms with E-state index < -0.39 is 10.8 Å². The summed E-state index contributed by atoms with van der Waals surface area (Å²) in [6, 6.07) is 11.7. The molecule has 0 aliphatic carbocycles. The molecule has 3 aromatic rings. The Bertz CT molecular complexity index is 1120. The maximum Gasteiger partial charge on any atom is 0.270 e. The molecule has 1 fully saturated rings. The third kappa shape index (κ3) is 4.42. The van der Waals surface area contributed by atoms with Gasteiger partial charge in [0.25, 0.3) is 11.6 Å². The Labute approximate surface area is 180 Å². The van der Waals surface area contributed by atoms with Gasteiger partial charge in [0.2, 0.25) is 0 Å². The number of benzene rings is 2. The average molecular weight is 420 g/mol. The van der Waals surface area contributed by atoms with E-state index in [0.29, 0.717) is 22.6 Å². The van der Waals surface area contributed by atoms with Crippen molar-refractivity contribution in [2.24, 2.45) is 0 Å². The summed E-state index contributed by atoms with van der Waals surface area (Å²) >= 11 is 0. The summed E-state index contributed by atoms with van der Waals surface area (Å²) in [7, 11) is 1.56. The summed E-state index contributed by atoms with van der Waals surface area (Å²) in [5.74, 6) is 0.172. The highest BCUT2D eigenvalue weighted by molar-refractivity contribution is 6.11. The first-order chi connectivity index (χ1) is 15.1. The molecule has 1 aromatic heterocycles. The van der Waals surface area contributed by atoms with Gasteiger partial charge < -0.3 is 15.0 Å². The second-order valence-corrected chi connectivity index (χ2v) is 7.56. The van der Waals surface area contributed by atoms with Crippen LogP contribution in [0.4, 0.5) is 17.1 Å². The molecule has 2 heterocycles. The Hall–Kier alpha value is -3.68. The lowest BCUT2D eigenvalue weighted by atomic mass is 10.1. The molecule has 1 N–H and O–H groups in total. The monoisotopic (exact) mass is 420 g/mol. The molecule has 1 saturated heterocycles. The number of ether oxygens (including phenoxy) is 1. The SMILES string of the molecule is COc1cc(NC(=O)c2cc([N+](=O)[O-])ccc2N2CCCCCC2)c2ncccc2c1. The van der Waals surface area contributed by atoms with Crippen molar-refractivity contribution in [1.29, 1.82) is 0 Å². The molecule has 4 rings (SSSR count). The third-order valence-corrected chi connectivity index (χ3v) is 5.54. The third-order valence-electron chi connectivity index (χ3n) is 5.54. The summed E-state index contributed by atoms with van der Waals surface area (Å²) in [6.07, 6.45) is 6.00. The minimum Gasteiger partial charge on any atom is -0.497 e. The number of methoxy groups -OCH3 is 1. The number of hydrogen-bond donors (Lipinski definition) is 1. The van der Waals surface area contributed by atoms with Crippen LogP contribution in [0.5, 0.6) is 5.75 Å². The molecular weight excluding hydrogens is 396 g/mol. The second-order valence-electron chi connectivity index (χ2n) is 7.56. The van der Waals surface area contributed by atoms with Crippen LogP contribution in [0.2, 0.25) is 0 Å². The number of aromatic nitrogens is 1. The van der Waals surface area contributed by atoms with Gasteiger partial charge in [-0.15, -0.1) is 0 Å². The van der Waals surface area contributed by atoms with Crippen LogP contribution in [-0.2, 0) is 0 Å². The Morgan fingerprint density at radius 1 is 1.13 bits per heavy atom. The molecule has 31 heavy (non-hydrogen) atoms. The first-order valence-electron chi connectivity index (χ1n) is 10.3. The highest BCUT2D eigenvalue weighted by atomic mass is 16.6. The predicted octanol–water partition coefficient (Wildman–Crippen LogP) is 4.78. The summed E-state index contributed by atoms with van der Waals surface area (Å²) in [6.45, 7) is 1.64. The Morgan fingerprint density at radius 3 is 2.61 bits per heavy atom. The lowest BCUT2D eigenvalue weighted by Gasteiger charge is -2.25. The number of amides is 1. The molecule has 0 bridgehead atoms. The Morgan fingerprint density at radius 2 is 1.90 bits per heavy atom. The number of nitro groups is 1. The van der Waals surface area contributed by atoms with E-state index in [-0.39, 0.29) is 11.3 Å². The molecule has 1 aliphatic heterocycles. The second kappa shape index (κ2) is 8.99. The maximum absolute atomic E-state index is 13.4. The van der Waals surface area contributed by atoms with Gasteiger partial charge in [0.1, 0.15) is 5.75 Å².